The van der Waals surface area contributed by atoms with Crippen molar-refractivity contribution in [2.75, 3.05) is 31.1 Å². The first-order chi connectivity index (χ1) is 13.5. The molecule has 3 heterocycles. The van der Waals surface area contributed by atoms with E-state index in [4.69, 9.17) is 0 Å². The summed E-state index contributed by atoms with van der Waals surface area (Å²) in [5.41, 5.74) is 2.35. The number of fused-ring (bicyclic) bond motifs is 1. The maximum atomic E-state index is 13.0. The van der Waals surface area contributed by atoms with Gasteiger partial charge in [0.15, 0.2) is 0 Å². The molecular formula is C21H25N5O2. The monoisotopic (exact) mass is 379 g/mol. The van der Waals surface area contributed by atoms with Crippen LogP contribution in [0, 0.1) is 6.92 Å². The van der Waals surface area contributed by atoms with E-state index in [1.54, 1.807) is 24.9 Å². The van der Waals surface area contributed by atoms with Gasteiger partial charge in [0.1, 0.15) is 11.6 Å². The van der Waals surface area contributed by atoms with Gasteiger partial charge in [0.25, 0.3) is 5.56 Å². The zero-order valence-electron chi connectivity index (χ0n) is 16.5. The predicted octanol–water partition coefficient (Wildman–Crippen LogP) is 1.95. The number of hydrogen-bond acceptors (Lipinski definition) is 4. The van der Waals surface area contributed by atoms with Crippen molar-refractivity contribution in [2.45, 2.75) is 19.9 Å². The Morgan fingerprint density at radius 2 is 1.75 bits per heavy atom. The number of carbonyl (C=O) groups is 1. The maximum Gasteiger partial charge on any atom is 0.277 e. The van der Waals surface area contributed by atoms with Crippen LogP contribution in [0.1, 0.15) is 18.7 Å². The third kappa shape index (κ3) is 3.06. The Hall–Kier alpha value is -3.09. The van der Waals surface area contributed by atoms with Gasteiger partial charge in [0.05, 0.1) is 5.69 Å². The van der Waals surface area contributed by atoms with Crippen molar-refractivity contribution in [2.24, 2.45) is 7.05 Å². The molecule has 4 rings (SSSR count). The van der Waals surface area contributed by atoms with Gasteiger partial charge in [0.2, 0.25) is 5.91 Å². The van der Waals surface area contributed by atoms with Gasteiger partial charge in [-0.15, -0.1) is 0 Å². The summed E-state index contributed by atoms with van der Waals surface area (Å²) < 4.78 is 3.12. The molecule has 1 amide bonds. The molecule has 0 spiro atoms. The lowest BCUT2D eigenvalue weighted by atomic mass is 10.2. The van der Waals surface area contributed by atoms with Crippen LogP contribution in [0.15, 0.2) is 47.4 Å². The first-order valence-corrected chi connectivity index (χ1v) is 9.60. The van der Waals surface area contributed by atoms with Gasteiger partial charge in [-0.3, -0.25) is 14.3 Å². The number of aromatic nitrogens is 3. The van der Waals surface area contributed by atoms with Crippen molar-refractivity contribution in [3.8, 4) is 0 Å². The number of rotatable bonds is 3. The number of nitrogens with zero attached hydrogens (tertiary/aromatic N) is 5. The maximum absolute atomic E-state index is 13.0. The minimum atomic E-state index is -0.546. The lowest BCUT2D eigenvalue weighted by molar-refractivity contribution is -0.134. The van der Waals surface area contributed by atoms with Crippen LogP contribution in [0.5, 0.6) is 0 Å². The third-order valence-electron chi connectivity index (χ3n) is 5.59. The molecule has 28 heavy (non-hydrogen) atoms. The van der Waals surface area contributed by atoms with Gasteiger partial charge < -0.3 is 14.4 Å². The minimum absolute atomic E-state index is 0.0203. The van der Waals surface area contributed by atoms with E-state index in [1.165, 1.54) is 10.3 Å². The summed E-state index contributed by atoms with van der Waals surface area (Å²) >= 11 is 0. The smallest absolute Gasteiger partial charge is 0.277 e. The molecule has 1 aromatic carbocycles. The number of aryl methyl sites for hydroxylation is 2. The van der Waals surface area contributed by atoms with Crippen molar-refractivity contribution >= 4 is 22.5 Å². The molecule has 0 bridgehead atoms. The molecule has 7 nitrogen and oxygen atoms in total. The summed E-state index contributed by atoms with van der Waals surface area (Å²) in [4.78, 5) is 30.1. The number of para-hydroxylation sites is 1. The molecule has 1 atom stereocenters. The van der Waals surface area contributed by atoms with Crippen molar-refractivity contribution in [1.82, 2.24) is 19.2 Å². The minimum Gasteiger partial charge on any atom is -0.368 e. The first kappa shape index (κ1) is 18.3. The molecule has 1 aliphatic heterocycles. The number of piperazine rings is 1. The number of benzene rings is 1. The second-order valence-corrected chi connectivity index (χ2v) is 7.32. The van der Waals surface area contributed by atoms with Crippen molar-refractivity contribution in [1.29, 1.82) is 0 Å². The molecule has 0 N–H and O–H groups in total. The fourth-order valence-electron chi connectivity index (χ4n) is 3.98. The van der Waals surface area contributed by atoms with E-state index >= 15 is 0 Å². The fourth-order valence-corrected chi connectivity index (χ4v) is 3.98. The quantitative estimate of drug-likeness (QED) is 0.698. The van der Waals surface area contributed by atoms with Crippen molar-refractivity contribution in [3.05, 3.63) is 58.6 Å². The first-order valence-electron chi connectivity index (χ1n) is 9.60. The molecule has 7 heteroatoms. The number of carbonyl (C=O) groups excluding carboxylic acids is 1. The number of amides is 1. The molecule has 0 saturated carbocycles. The topological polar surface area (TPSA) is 63.4 Å². The molecule has 0 radical (unpaired) electrons. The highest BCUT2D eigenvalue weighted by Crippen LogP contribution is 2.19. The normalized spacial score (nSPS) is 15.8. The highest BCUT2D eigenvalue weighted by molar-refractivity contribution is 5.83. The van der Waals surface area contributed by atoms with E-state index in [0.29, 0.717) is 18.6 Å². The Bertz CT molecular complexity index is 1060. The third-order valence-corrected chi connectivity index (χ3v) is 5.59. The summed E-state index contributed by atoms with van der Waals surface area (Å²) in [5, 5.41) is 5.16. The van der Waals surface area contributed by atoms with Gasteiger partial charge in [-0.05, 0) is 32.0 Å². The Morgan fingerprint density at radius 3 is 2.43 bits per heavy atom. The highest BCUT2D eigenvalue weighted by atomic mass is 16.2. The van der Waals surface area contributed by atoms with Gasteiger partial charge in [-0.1, -0.05) is 18.2 Å². The molecule has 3 aromatic rings. The van der Waals surface area contributed by atoms with Gasteiger partial charge in [0, 0.05) is 50.5 Å². The van der Waals surface area contributed by atoms with Crippen LogP contribution in [-0.4, -0.2) is 51.3 Å². The molecule has 0 aliphatic carbocycles. The van der Waals surface area contributed by atoms with E-state index in [2.05, 4.69) is 22.1 Å². The van der Waals surface area contributed by atoms with Crippen LogP contribution in [0.4, 0.5) is 5.69 Å². The van der Waals surface area contributed by atoms with E-state index in [9.17, 15) is 9.59 Å². The Labute approximate surface area is 163 Å². The summed E-state index contributed by atoms with van der Waals surface area (Å²) in [6.45, 7) is 6.56. The molecule has 1 saturated heterocycles. The molecular weight excluding hydrogens is 354 g/mol. The average Bonchev–Trinajstić information content (AvgIpc) is 3.02. The van der Waals surface area contributed by atoms with Crippen LogP contribution < -0.4 is 10.5 Å². The standard InChI is InChI=1S/C21H25N5O2/c1-15-18-9-10-26(21(28)19(18)23(3)22-15)16(2)20(27)25-13-11-24(12-14-25)17-7-5-4-6-8-17/h4-10,16H,11-14H2,1-3H3/t16-/m1/s1. The number of anilines is 1. The average molecular weight is 379 g/mol. The molecule has 1 aliphatic rings. The van der Waals surface area contributed by atoms with E-state index in [0.717, 1.165) is 24.2 Å². The van der Waals surface area contributed by atoms with E-state index in [-0.39, 0.29) is 11.5 Å². The van der Waals surface area contributed by atoms with Crippen LogP contribution >= 0.6 is 0 Å². The van der Waals surface area contributed by atoms with E-state index < -0.39 is 6.04 Å². The Morgan fingerprint density at radius 1 is 1.07 bits per heavy atom. The SMILES string of the molecule is Cc1nn(C)c2c(=O)n([C@H](C)C(=O)N3CCN(c4ccccc4)CC3)ccc12. The lowest BCUT2D eigenvalue weighted by Gasteiger charge is -2.37. The van der Waals surface area contributed by atoms with Gasteiger partial charge in [-0.2, -0.15) is 5.10 Å². The Balaban J connectivity index is 1.51. The van der Waals surface area contributed by atoms with Crippen LogP contribution in [0.3, 0.4) is 0 Å². The molecule has 146 valence electrons. The number of pyridine rings is 1. The Kier molecular flexibility index (Phi) is 4.66. The lowest BCUT2D eigenvalue weighted by Crippen LogP contribution is -2.51. The zero-order chi connectivity index (χ0) is 19.8. The second kappa shape index (κ2) is 7.14. The van der Waals surface area contributed by atoms with Gasteiger partial charge >= 0.3 is 0 Å². The van der Waals surface area contributed by atoms with Crippen molar-refractivity contribution < 1.29 is 4.79 Å². The predicted molar refractivity (Wildman–Crippen MR) is 110 cm³/mol. The van der Waals surface area contributed by atoms with Crippen molar-refractivity contribution in [3.63, 3.8) is 0 Å². The molecule has 1 fully saturated rings. The molecule has 2 aromatic heterocycles. The second-order valence-electron chi connectivity index (χ2n) is 7.32. The van der Waals surface area contributed by atoms with Crippen LogP contribution in [-0.2, 0) is 11.8 Å². The van der Waals surface area contributed by atoms with Crippen LogP contribution in [0.25, 0.3) is 10.9 Å². The summed E-state index contributed by atoms with van der Waals surface area (Å²) in [6, 6.07) is 11.6. The summed E-state index contributed by atoms with van der Waals surface area (Å²) in [7, 11) is 1.76. The largest absolute Gasteiger partial charge is 0.368 e. The van der Waals surface area contributed by atoms with Crippen LogP contribution in [0.2, 0.25) is 0 Å². The van der Waals surface area contributed by atoms with E-state index in [1.807, 2.05) is 36.1 Å². The fraction of sp³-hybridized carbons (Fsp3) is 0.381. The highest BCUT2D eigenvalue weighted by Gasteiger charge is 2.27. The number of hydrogen-bond donors (Lipinski definition) is 0. The molecule has 0 unspecified atom stereocenters. The summed E-state index contributed by atoms with van der Waals surface area (Å²) in [5.74, 6) is -0.0203. The van der Waals surface area contributed by atoms with Gasteiger partial charge in [-0.25, -0.2) is 0 Å². The zero-order valence-corrected chi connectivity index (χ0v) is 16.5. The summed E-state index contributed by atoms with van der Waals surface area (Å²) in [6.07, 6.45) is 1.71.